The van der Waals surface area contributed by atoms with Crippen LogP contribution in [0.3, 0.4) is 0 Å². The number of nitrogens with zero attached hydrogens (tertiary/aromatic N) is 2. The van der Waals surface area contributed by atoms with Crippen LogP contribution in [0.15, 0.2) is 30.5 Å². The summed E-state index contributed by atoms with van der Waals surface area (Å²) < 4.78 is 40.1. The highest BCUT2D eigenvalue weighted by Crippen LogP contribution is 2.39. The zero-order valence-corrected chi connectivity index (χ0v) is 15.5. The highest BCUT2D eigenvalue weighted by Gasteiger charge is 2.48. The molecule has 1 aromatic heterocycles. The molecule has 1 saturated heterocycles. The fraction of sp³-hybridized carbons (Fsp3) is 0.500. The first-order valence-electron chi connectivity index (χ1n) is 9.40. The van der Waals surface area contributed by atoms with Gasteiger partial charge in [-0.05, 0) is 49.4 Å². The minimum absolute atomic E-state index is 0.0707. The number of hydrogen-bond donors (Lipinski definition) is 2. The second-order valence-corrected chi connectivity index (χ2v) is 7.98. The summed E-state index contributed by atoms with van der Waals surface area (Å²) in [6, 6.07) is 5.66. The van der Waals surface area contributed by atoms with E-state index >= 15 is 0 Å². The van der Waals surface area contributed by atoms with Crippen molar-refractivity contribution >= 4 is 22.5 Å². The Hall–Kier alpha value is -2.35. The van der Waals surface area contributed by atoms with Gasteiger partial charge in [-0.15, -0.1) is 0 Å². The van der Waals surface area contributed by atoms with Crippen molar-refractivity contribution in [3.8, 4) is 0 Å². The van der Waals surface area contributed by atoms with Crippen molar-refractivity contribution in [1.82, 2.24) is 10.3 Å². The number of fused-ring (bicyclic) bond motifs is 1. The molecule has 1 aliphatic heterocycles. The van der Waals surface area contributed by atoms with E-state index in [4.69, 9.17) is 0 Å². The Balaban J connectivity index is 1.64. The van der Waals surface area contributed by atoms with Crippen LogP contribution in [-0.2, 0) is 11.0 Å². The Morgan fingerprint density at radius 2 is 2.04 bits per heavy atom. The van der Waals surface area contributed by atoms with Crippen LogP contribution in [0.1, 0.15) is 31.7 Å². The van der Waals surface area contributed by atoms with E-state index in [-0.39, 0.29) is 23.4 Å². The lowest BCUT2D eigenvalue weighted by atomic mass is 9.94. The predicted octanol–water partition coefficient (Wildman–Crippen LogP) is 3.11. The number of piperidine rings is 1. The van der Waals surface area contributed by atoms with Gasteiger partial charge < -0.3 is 15.3 Å². The Bertz CT molecular complexity index is 911. The van der Waals surface area contributed by atoms with Gasteiger partial charge in [0, 0.05) is 36.4 Å². The molecule has 1 aromatic carbocycles. The van der Waals surface area contributed by atoms with E-state index in [0.29, 0.717) is 37.0 Å². The Labute approximate surface area is 160 Å². The second kappa shape index (κ2) is 6.62. The van der Waals surface area contributed by atoms with E-state index < -0.39 is 17.3 Å². The third-order valence-corrected chi connectivity index (χ3v) is 5.53. The van der Waals surface area contributed by atoms with Crippen molar-refractivity contribution in [2.45, 2.75) is 44.0 Å². The van der Waals surface area contributed by atoms with Gasteiger partial charge in [0.1, 0.15) is 5.60 Å². The molecule has 4 rings (SSSR count). The van der Waals surface area contributed by atoms with E-state index in [2.05, 4.69) is 10.3 Å². The van der Waals surface area contributed by atoms with E-state index in [1.54, 1.807) is 12.1 Å². The number of aliphatic hydroxyl groups is 1. The number of benzene rings is 1. The number of carbonyl (C=O) groups excluding carboxylic acids is 1. The molecule has 0 bridgehead atoms. The summed E-state index contributed by atoms with van der Waals surface area (Å²) in [5, 5.41) is 13.3. The molecule has 0 spiro atoms. The first kappa shape index (κ1) is 19.0. The molecule has 150 valence electrons. The molecule has 2 aromatic rings. The number of carbonyl (C=O) groups is 1. The van der Waals surface area contributed by atoms with E-state index in [0.717, 1.165) is 12.5 Å². The normalized spacial score (nSPS) is 24.2. The Kier molecular flexibility index (Phi) is 4.49. The quantitative estimate of drug-likeness (QED) is 0.841. The number of amides is 1. The zero-order chi connectivity index (χ0) is 20.1. The number of rotatable bonds is 3. The smallest absolute Gasteiger partial charge is 0.380 e. The van der Waals surface area contributed by atoms with Gasteiger partial charge in [-0.2, -0.15) is 13.2 Å². The summed E-state index contributed by atoms with van der Waals surface area (Å²) in [4.78, 5) is 18.2. The molecule has 5 nitrogen and oxygen atoms in total. The van der Waals surface area contributed by atoms with Gasteiger partial charge in [-0.3, -0.25) is 9.78 Å². The van der Waals surface area contributed by atoms with Crippen molar-refractivity contribution < 1.29 is 23.1 Å². The van der Waals surface area contributed by atoms with Gasteiger partial charge in [-0.1, -0.05) is 6.92 Å². The van der Waals surface area contributed by atoms with E-state index in [9.17, 15) is 23.1 Å². The summed E-state index contributed by atoms with van der Waals surface area (Å²) in [6.45, 7) is 3.19. The topological polar surface area (TPSA) is 65.5 Å². The summed E-state index contributed by atoms with van der Waals surface area (Å²) in [5.41, 5.74) is -1.39. The van der Waals surface area contributed by atoms with Crippen molar-refractivity contribution in [2.24, 2.45) is 5.92 Å². The van der Waals surface area contributed by atoms with Gasteiger partial charge >= 0.3 is 6.18 Å². The predicted molar refractivity (Wildman–Crippen MR) is 98.9 cm³/mol. The largest absolute Gasteiger partial charge is 0.418 e. The number of anilines is 1. The van der Waals surface area contributed by atoms with Gasteiger partial charge in [0.15, 0.2) is 0 Å². The lowest BCUT2D eigenvalue weighted by molar-refractivity contribution is -0.136. The first-order valence-corrected chi connectivity index (χ1v) is 9.40. The van der Waals surface area contributed by atoms with Crippen LogP contribution in [0.4, 0.5) is 18.9 Å². The fourth-order valence-electron chi connectivity index (χ4n) is 3.98. The molecule has 2 N–H and O–H groups in total. The minimum Gasteiger partial charge on any atom is -0.380 e. The van der Waals surface area contributed by atoms with Gasteiger partial charge in [0.05, 0.1) is 11.1 Å². The number of pyridine rings is 1. The molecule has 2 heterocycles. The molecule has 2 atom stereocenters. The maximum absolute atomic E-state index is 13.4. The van der Waals surface area contributed by atoms with Crippen molar-refractivity contribution in [3.05, 3.63) is 36.0 Å². The molecule has 1 amide bonds. The molecular weight excluding hydrogens is 371 g/mol. The average Bonchev–Trinajstić information content (AvgIpc) is 3.38. The van der Waals surface area contributed by atoms with Crippen LogP contribution in [0.2, 0.25) is 0 Å². The number of halogens is 3. The van der Waals surface area contributed by atoms with Crippen molar-refractivity contribution in [3.63, 3.8) is 0 Å². The molecule has 1 saturated carbocycles. The van der Waals surface area contributed by atoms with Crippen molar-refractivity contribution in [2.75, 3.05) is 18.0 Å². The van der Waals surface area contributed by atoms with E-state index in [1.807, 2.05) is 11.8 Å². The average molecular weight is 393 g/mol. The van der Waals surface area contributed by atoms with Gasteiger partial charge in [0.2, 0.25) is 0 Å². The van der Waals surface area contributed by atoms with Gasteiger partial charge in [0.25, 0.3) is 5.91 Å². The molecule has 0 radical (unpaired) electrons. The third-order valence-electron chi connectivity index (χ3n) is 5.53. The van der Waals surface area contributed by atoms with Crippen LogP contribution in [0, 0.1) is 5.92 Å². The highest BCUT2D eigenvalue weighted by atomic mass is 19.4. The molecule has 2 fully saturated rings. The summed E-state index contributed by atoms with van der Waals surface area (Å²) in [6.07, 6.45) is -1.41. The number of aromatic nitrogens is 1. The maximum atomic E-state index is 13.4. The first-order chi connectivity index (χ1) is 13.2. The number of alkyl halides is 3. The third kappa shape index (κ3) is 3.53. The summed E-state index contributed by atoms with van der Waals surface area (Å²) in [7, 11) is 0. The highest BCUT2D eigenvalue weighted by molar-refractivity contribution is 5.94. The van der Waals surface area contributed by atoms with Crippen LogP contribution in [-0.4, -0.2) is 40.7 Å². The maximum Gasteiger partial charge on any atom is 0.418 e. The lowest BCUT2D eigenvalue weighted by Crippen LogP contribution is -2.53. The standard InChI is InChI=1S/C20H22F3N3O2/c1-12-9-13(25-18(27)19(28)6-7-19)11-26(10-12)16-5-4-15(20(21,22)23)17-14(16)3-2-8-24-17/h2-5,8,12-13,28H,6-7,9-11H2,1H3,(H,25,27). The molecule has 8 heteroatoms. The number of nitrogens with one attached hydrogen (secondary N) is 1. The Morgan fingerprint density at radius 3 is 2.71 bits per heavy atom. The van der Waals surface area contributed by atoms with Gasteiger partial charge in [-0.25, -0.2) is 0 Å². The van der Waals surface area contributed by atoms with Crippen molar-refractivity contribution in [1.29, 1.82) is 0 Å². The number of hydrogen-bond acceptors (Lipinski definition) is 4. The van der Waals surface area contributed by atoms with Crippen LogP contribution >= 0.6 is 0 Å². The molecule has 28 heavy (non-hydrogen) atoms. The molecule has 1 aliphatic carbocycles. The zero-order valence-electron chi connectivity index (χ0n) is 15.5. The fourth-order valence-corrected chi connectivity index (χ4v) is 3.98. The summed E-state index contributed by atoms with van der Waals surface area (Å²) >= 11 is 0. The monoisotopic (exact) mass is 393 g/mol. The molecular formula is C20H22F3N3O2. The lowest BCUT2D eigenvalue weighted by Gasteiger charge is -2.39. The Morgan fingerprint density at radius 1 is 1.29 bits per heavy atom. The summed E-state index contributed by atoms with van der Waals surface area (Å²) in [5.74, 6) is -0.118. The molecule has 2 aliphatic rings. The molecule has 2 unspecified atom stereocenters. The van der Waals surface area contributed by atoms with Crippen LogP contribution in [0.25, 0.3) is 10.9 Å². The van der Waals surface area contributed by atoms with Crippen LogP contribution in [0.5, 0.6) is 0 Å². The SMILES string of the molecule is CC1CC(NC(=O)C2(O)CC2)CN(c2ccc(C(F)(F)F)c3ncccc23)C1. The van der Waals surface area contributed by atoms with Crippen LogP contribution < -0.4 is 10.2 Å². The second-order valence-electron chi connectivity index (χ2n) is 7.98. The minimum atomic E-state index is -4.48. The van der Waals surface area contributed by atoms with E-state index in [1.165, 1.54) is 12.3 Å².